The zero-order valence-corrected chi connectivity index (χ0v) is 18.8. The summed E-state index contributed by atoms with van der Waals surface area (Å²) in [5.41, 5.74) is 5.31. The van der Waals surface area contributed by atoms with Gasteiger partial charge in [0.25, 0.3) is 5.56 Å². The Kier molecular flexibility index (Phi) is 6.89. The van der Waals surface area contributed by atoms with Crippen LogP contribution >= 0.6 is 0 Å². The molecule has 0 radical (unpaired) electrons. The Morgan fingerprint density at radius 3 is 2.68 bits per heavy atom. The summed E-state index contributed by atoms with van der Waals surface area (Å²) >= 11 is 0. The summed E-state index contributed by atoms with van der Waals surface area (Å²) in [7, 11) is 1.54. The van der Waals surface area contributed by atoms with Gasteiger partial charge in [-0.1, -0.05) is 30.3 Å². The third-order valence-electron chi connectivity index (χ3n) is 5.73. The van der Waals surface area contributed by atoms with Gasteiger partial charge in [-0.25, -0.2) is 14.3 Å². The Morgan fingerprint density at radius 1 is 1.21 bits per heavy atom. The fourth-order valence-corrected chi connectivity index (χ4v) is 3.93. The standard InChI is InChI=1S/C22H26N6O6/c1-33-9-7-26-14-24-20-18(26)21(31)28(22(32)27(20)11-15-5-3-2-4-6-15)13-17(29)25-8-10-34-16(12-25)19(23)30/h2-6,14,16H,7-13H2,1H3,(H2,23,30). The number of morpholine rings is 1. The number of primary amides is 1. The number of nitrogens with two attached hydrogens (primary N) is 1. The molecule has 12 heteroatoms. The SMILES string of the molecule is COCCn1cnc2c1c(=O)n(CC(=O)N1CCOC(C(N)=O)C1)c(=O)n2Cc1ccccc1. The third kappa shape index (κ3) is 4.63. The van der Waals surface area contributed by atoms with E-state index >= 15 is 0 Å². The monoisotopic (exact) mass is 470 g/mol. The molecular formula is C22H26N6O6. The molecule has 2 amide bonds. The lowest BCUT2D eigenvalue weighted by atomic mass is 10.2. The molecule has 34 heavy (non-hydrogen) atoms. The number of benzene rings is 1. The highest BCUT2D eigenvalue weighted by Gasteiger charge is 2.29. The van der Waals surface area contributed by atoms with Crippen molar-refractivity contribution in [2.24, 2.45) is 5.73 Å². The number of carbonyl (C=O) groups is 2. The Bertz CT molecular complexity index is 1310. The number of imidazole rings is 1. The fraction of sp³-hybridized carbons (Fsp3) is 0.409. The van der Waals surface area contributed by atoms with Gasteiger partial charge in [0.1, 0.15) is 6.54 Å². The van der Waals surface area contributed by atoms with Gasteiger partial charge in [-0.3, -0.25) is 19.0 Å². The van der Waals surface area contributed by atoms with Crippen LogP contribution in [0.25, 0.3) is 11.2 Å². The average Bonchev–Trinajstić information content (AvgIpc) is 3.27. The van der Waals surface area contributed by atoms with E-state index in [4.69, 9.17) is 15.2 Å². The summed E-state index contributed by atoms with van der Waals surface area (Å²) in [5.74, 6) is -1.16. The van der Waals surface area contributed by atoms with Crippen LogP contribution in [0.15, 0.2) is 46.2 Å². The predicted octanol–water partition coefficient (Wildman–Crippen LogP) is -1.23. The minimum Gasteiger partial charge on any atom is -0.383 e. The molecule has 3 heterocycles. The van der Waals surface area contributed by atoms with E-state index in [1.54, 1.807) is 11.7 Å². The zero-order valence-electron chi connectivity index (χ0n) is 18.8. The lowest BCUT2D eigenvalue weighted by Gasteiger charge is -2.31. The molecule has 1 aromatic carbocycles. The van der Waals surface area contributed by atoms with Crippen molar-refractivity contribution >= 4 is 23.0 Å². The van der Waals surface area contributed by atoms with E-state index in [0.29, 0.717) is 13.2 Å². The van der Waals surface area contributed by atoms with Crippen molar-refractivity contribution in [1.82, 2.24) is 23.6 Å². The van der Waals surface area contributed by atoms with Crippen molar-refractivity contribution in [1.29, 1.82) is 0 Å². The third-order valence-corrected chi connectivity index (χ3v) is 5.73. The molecule has 2 N–H and O–H groups in total. The highest BCUT2D eigenvalue weighted by molar-refractivity contribution is 5.81. The van der Waals surface area contributed by atoms with E-state index in [2.05, 4.69) is 4.98 Å². The number of rotatable bonds is 8. The Labute approximate surface area is 194 Å². The molecule has 1 unspecified atom stereocenters. The topological polar surface area (TPSA) is 144 Å². The number of hydrogen-bond acceptors (Lipinski definition) is 7. The van der Waals surface area contributed by atoms with Crippen molar-refractivity contribution in [3.63, 3.8) is 0 Å². The Morgan fingerprint density at radius 2 is 1.97 bits per heavy atom. The van der Waals surface area contributed by atoms with Crippen molar-refractivity contribution in [3.8, 4) is 0 Å². The highest BCUT2D eigenvalue weighted by atomic mass is 16.5. The van der Waals surface area contributed by atoms with Gasteiger partial charge in [0.15, 0.2) is 17.3 Å². The summed E-state index contributed by atoms with van der Waals surface area (Å²) in [4.78, 5) is 57.0. The number of amides is 2. The van der Waals surface area contributed by atoms with Crippen molar-refractivity contribution in [2.75, 3.05) is 33.4 Å². The van der Waals surface area contributed by atoms with Crippen LogP contribution in [-0.4, -0.2) is 74.9 Å². The van der Waals surface area contributed by atoms with E-state index in [1.165, 1.54) is 15.8 Å². The lowest BCUT2D eigenvalue weighted by molar-refractivity contribution is -0.145. The molecule has 0 saturated carbocycles. The van der Waals surface area contributed by atoms with E-state index in [0.717, 1.165) is 10.1 Å². The van der Waals surface area contributed by atoms with Crippen LogP contribution in [0.4, 0.5) is 0 Å². The van der Waals surface area contributed by atoms with Crippen molar-refractivity contribution < 1.29 is 19.1 Å². The molecule has 0 spiro atoms. The molecule has 1 fully saturated rings. The van der Waals surface area contributed by atoms with E-state index in [1.807, 2.05) is 30.3 Å². The first-order chi connectivity index (χ1) is 16.4. The summed E-state index contributed by atoms with van der Waals surface area (Å²) in [6.07, 6.45) is 0.555. The Balaban J connectivity index is 1.76. The molecule has 180 valence electrons. The molecule has 1 saturated heterocycles. The number of aromatic nitrogens is 4. The predicted molar refractivity (Wildman–Crippen MR) is 121 cm³/mol. The number of ether oxygens (including phenoxy) is 2. The van der Waals surface area contributed by atoms with Crippen molar-refractivity contribution in [2.45, 2.75) is 25.7 Å². The van der Waals surface area contributed by atoms with E-state index in [9.17, 15) is 19.2 Å². The molecule has 0 aliphatic carbocycles. The molecule has 1 aliphatic rings. The Hall–Kier alpha value is -3.77. The molecule has 4 rings (SSSR count). The van der Waals surface area contributed by atoms with Crippen LogP contribution in [0.5, 0.6) is 0 Å². The van der Waals surface area contributed by atoms with Gasteiger partial charge in [-0.05, 0) is 5.56 Å². The van der Waals surface area contributed by atoms with Crippen LogP contribution in [0.1, 0.15) is 5.56 Å². The molecule has 3 aromatic rings. The normalized spacial score (nSPS) is 16.1. The number of nitrogens with zero attached hydrogens (tertiary/aromatic N) is 5. The van der Waals surface area contributed by atoms with Gasteiger partial charge >= 0.3 is 5.69 Å². The number of fused-ring (bicyclic) bond motifs is 1. The van der Waals surface area contributed by atoms with Crippen LogP contribution in [-0.2, 0) is 38.7 Å². The van der Waals surface area contributed by atoms with E-state index in [-0.39, 0.29) is 37.4 Å². The van der Waals surface area contributed by atoms with Crippen LogP contribution < -0.4 is 17.0 Å². The minimum atomic E-state index is -0.929. The maximum atomic E-state index is 13.4. The second-order valence-electron chi connectivity index (χ2n) is 7.95. The number of carbonyl (C=O) groups excluding carboxylic acids is 2. The van der Waals surface area contributed by atoms with Gasteiger partial charge < -0.3 is 24.7 Å². The summed E-state index contributed by atoms with van der Waals surface area (Å²) in [6, 6.07) is 9.28. The molecule has 2 aromatic heterocycles. The summed E-state index contributed by atoms with van der Waals surface area (Å²) in [5, 5.41) is 0. The number of methoxy groups -OCH3 is 1. The zero-order chi connectivity index (χ0) is 24.2. The molecule has 0 bridgehead atoms. The quantitative estimate of drug-likeness (QED) is 0.434. The molecule has 1 aliphatic heterocycles. The van der Waals surface area contributed by atoms with Gasteiger partial charge in [0.05, 0.1) is 32.6 Å². The van der Waals surface area contributed by atoms with Gasteiger partial charge in [0.2, 0.25) is 11.8 Å². The van der Waals surface area contributed by atoms with E-state index < -0.39 is 35.7 Å². The lowest BCUT2D eigenvalue weighted by Crippen LogP contribution is -2.52. The van der Waals surface area contributed by atoms with Crippen LogP contribution in [0, 0.1) is 0 Å². The largest absolute Gasteiger partial charge is 0.383 e. The molecular weight excluding hydrogens is 444 g/mol. The maximum Gasteiger partial charge on any atom is 0.333 e. The van der Waals surface area contributed by atoms with Gasteiger partial charge in [0, 0.05) is 20.2 Å². The second kappa shape index (κ2) is 10.0. The summed E-state index contributed by atoms with van der Waals surface area (Å²) < 4.78 is 14.3. The average molecular weight is 470 g/mol. The maximum absolute atomic E-state index is 13.4. The fourth-order valence-electron chi connectivity index (χ4n) is 3.93. The first-order valence-electron chi connectivity index (χ1n) is 10.8. The molecule has 1 atom stereocenters. The number of hydrogen-bond donors (Lipinski definition) is 1. The van der Waals surface area contributed by atoms with Crippen molar-refractivity contribution in [3.05, 3.63) is 63.1 Å². The highest BCUT2D eigenvalue weighted by Crippen LogP contribution is 2.11. The van der Waals surface area contributed by atoms with Crippen LogP contribution in [0.3, 0.4) is 0 Å². The van der Waals surface area contributed by atoms with Gasteiger partial charge in [-0.15, -0.1) is 0 Å². The summed E-state index contributed by atoms with van der Waals surface area (Å²) in [6.45, 7) is 0.706. The first kappa shape index (κ1) is 23.4. The second-order valence-corrected chi connectivity index (χ2v) is 7.95. The smallest absolute Gasteiger partial charge is 0.333 e. The minimum absolute atomic E-state index is 0.0326. The van der Waals surface area contributed by atoms with Crippen LogP contribution in [0.2, 0.25) is 0 Å². The molecule has 12 nitrogen and oxygen atoms in total. The first-order valence-corrected chi connectivity index (χ1v) is 10.8. The van der Waals surface area contributed by atoms with Gasteiger partial charge in [-0.2, -0.15) is 0 Å².